The molecule has 0 fully saturated rings. The van der Waals surface area contributed by atoms with E-state index in [-0.39, 0.29) is 25.1 Å². The van der Waals surface area contributed by atoms with E-state index in [0.29, 0.717) is 6.07 Å². The molecule has 138 valence electrons. The van der Waals surface area contributed by atoms with E-state index in [9.17, 15) is 22.7 Å². The topological polar surface area (TPSA) is 81.6 Å². The van der Waals surface area contributed by atoms with Crippen LogP contribution >= 0.6 is 0 Å². The number of halogens is 4. The number of nitrogens with zero attached hydrogens (tertiary/aromatic N) is 6. The average Bonchev–Trinajstić information content (AvgIpc) is 3.22. The van der Waals surface area contributed by atoms with Crippen LogP contribution < -0.4 is 0 Å². The molecular weight excluding hydrogens is 356 g/mol. The normalized spacial score (nSPS) is 12.5. The summed E-state index contributed by atoms with van der Waals surface area (Å²) in [5.41, 5.74) is -2.72. The molecule has 0 aliphatic heterocycles. The van der Waals surface area contributed by atoms with Crippen molar-refractivity contribution in [3.8, 4) is 0 Å². The summed E-state index contributed by atoms with van der Waals surface area (Å²) in [5.74, 6) is -1.05. The van der Waals surface area contributed by atoms with Gasteiger partial charge in [0.2, 0.25) is 0 Å². The maximum atomic E-state index is 14.2. The van der Waals surface area contributed by atoms with Gasteiger partial charge < -0.3 is 5.11 Å². The standard InChI is InChI=1S/C15H14F4N6O/c16-13-3-12(15(17,18)19)2-1-11(13)4-14(26,5-24-9-20-7-22-24)6-25-10-21-8-23-25/h1-3,7-10,26H,4-6H2. The summed E-state index contributed by atoms with van der Waals surface area (Å²) in [6.45, 7) is -0.124. The first-order valence-corrected chi connectivity index (χ1v) is 7.48. The highest BCUT2D eigenvalue weighted by molar-refractivity contribution is 5.27. The van der Waals surface area contributed by atoms with Crippen LogP contribution in [0.3, 0.4) is 0 Å². The summed E-state index contributed by atoms with van der Waals surface area (Å²) >= 11 is 0. The van der Waals surface area contributed by atoms with Gasteiger partial charge in [-0.1, -0.05) is 6.07 Å². The second kappa shape index (κ2) is 6.83. The van der Waals surface area contributed by atoms with Crippen molar-refractivity contribution in [2.24, 2.45) is 0 Å². The molecule has 11 heteroatoms. The van der Waals surface area contributed by atoms with E-state index in [4.69, 9.17) is 0 Å². The van der Waals surface area contributed by atoms with E-state index in [2.05, 4.69) is 20.2 Å². The highest BCUT2D eigenvalue weighted by Gasteiger charge is 2.34. The monoisotopic (exact) mass is 370 g/mol. The summed E-state index contributed by atoms with van der Waals surface area (Å²) in [6.07, 6.45) is 0.391. The van der Waals surface area contributed by atoms with E-state index >= 15 is 0 Å². The van der Waals surface area contributed by atoms with Gasteiger partial charge in [-0.15, -0.1) is 0 Å². The van der Waals surface area contributed by atoms with Crippen molar-refractivity contribution in [2.75, 3.05) is 0 Å². The predicted octanol–water partition coefficient (Wildman–Crippen LogP) is 1.70. The van der Waals surface area contributed by atoms with E-state index in [1.54, 1.807) is 0 Å². The molecule has 3 aromatic rings. The largest absolute Gasteiger partial charge is 0.416 e. The number of aliphatic hydroxyl groups is 1. The van der Waals surface area contributed by atoms with Gasteiger partial charge in [0.05, 0.1) is 18.7 Å². The van der Waals surface area contributed by atoms with Gasteiger partial charge in [0.1, 0.15) is 36.7 Å². The van der Waals surface area contributed by atoms with Crippen molar-refractivity contribution in [3.05, 3.63) is 60.5 Å². The Morgan fingerprint density at radius 2 is 1.54 bits per heavy atom. The van der Waals surface area contributed by atoms with Gasteiger partial charge >= 0.3 is 6.18 Å². The van der Waals surface area contributed by atoms with Crippen LogP contribution in [-0.2, 0) is 25.7 Å². The molecule has 3 rings (SSSR count). The Morgan fingerprint density at radius 1 is 0.962 bits per heavy atom. The molecule has 2 heterocycles. The van der Waals surface area contributed by atoms with Crippen molar-refractivity contribution in [3.63, 3.8) is 0 Å². The number of alkyl halides is 3. The first-order chi connectivity index (χ1) is 12.3. The molecule has 0 spiro atoms. The van der Waals surface area contributed by atoms with Crippen LogP contribution in [0.5, 0.6) is 0 Å². The molecule has 0 aliphatic carbocycles. The minimum absolute atomic E-state index is 0.0549. The van der Waals surface area contributed by atoms with Crippen molar-refractivity contribution in [1.29, 1.82) is 0 Å². The molecule has 0 saturated carbocycles. The molecule has 1 aromatic carbocycles. The summed E-state index contributed by atoms with van der Waals surface area (Å²) in [4.78, 5) is 7.55. The third-order valence-electron chi connectivity index (χ3n) is 3.75. The lowest BCUT2D eigenvalue weighted by molar-refractivity contribution is -0.137. The quantitative estimate of drug-likeness (QED) is 0.668. The number of hydrogen-bond donors (Lipinski definition) is 1. The van der Waals surface area contributed by atoms with E-state index < -0.39 is 23.2 Å². The van der Waals surface area contributed by atoms with Gasteiger partial charge in [0.15, 0.2) is 0 Å². The van der Waals surface area contributed by atoms with Crippen LogP contribution in [0.4, 0.5) is 17.6 Å². The van der Waals surface area contributed by atoms with Crippen molar-refractivity contribution in [2.45, 2.75) is 31.3 Å². The van der Waals surface area contributed by atoms with Gasteiger partial charge in [0.25, 0.3) is 0 Å². The number of aromatic nitrogens is 6. The van der Waals surface area contributed by atoms with Crippen LogP contribution in [0.2, 0.25) is 0 Å². The summed E-state index contributed by atoms with van der Waals surface area (Å²) in [6, 6.07) is 2.22. The zero-order valence-corrected chi connectivity index (χ0v) is 13.3. The van der Waals surface area contributed by atoms with Gasteiger partial charge in [-0.05, 0) is 17.7 Å². The first-order valence-electron chi connectivity index (χ1n) is 7.48. The molecule has 0 atom stereocenters. The SMILES string of the molecule is OC(Cc1ccc(C(F)(F)F)cc1F)(Cn1cncn1)Cn1cncn1. The number of hydrogen-bond acceptors (Lipinski definition) is 5. The lowest BCUT2D eigenvalue weighted by Gasteiger charge is -2.28. The molecule has 2 aromatic heterocycles. The molecule has 0 unspecified atom stereocenters. The Labute approximate surface area is 144 Å². The fraction of sp³-hybridized carbons (Fsp3) is 0.333. The van der Waals surface area contributed by atoms with Crippen LogP contribution in [0.25, 0.3) is 0 Å². The van der Waals surface area contributed by atoms with E-state index in [1.165, 1.54) is 34.7 Å². The van der Waals surface area contributed by atoms with Crippen molar-refractivity contribution < 1.29 is 22.7 Å². The third kappa shape index (κ3) is 4.23. The molecule has 1 N–H and O–H groups in total. The lowest BCUT2D eigenvalue weighted by Crippen LogP contribution is -2.41. The highest BCUT2D eigenvalue weighted by atomic mass is 19.4. The predicted molar refractivity (Wildman–Crippen MR) is 80.1 cm³/mol. The van der Waals surface area contributed by atoms with E-state index in [1.807, 2.05) is 0 Å². The molecule has 0 bridgehead atoms. The summed E-state index contributed by atoms with van der Waals surface area (Å²) in [7, 11) is 0. The Kier molecular flexibility index (Phi) is 4.72. The van der Waals surface area contributed by atoms with Crippen LogP contribution in [0.15, 0.2) is 43.5 Å². The number of rotatable bonds is 6. The zero-order valence-electron chi connectivity index (χ0n) is 13.3. The molecule has 7 nitrogen and oxygen atoms in total. The van der Waals surface area contributed by atoms with Gasteiger partial charge in [-0.25, -0.2) is 23.7 Å². The van der Waals surface area contributed by atoms with Crippen LogP contribution in [0.1, 0.15) is 11.1 Å². The molecule has 0 radical (unpaired) electrons. The fourth-order valence-corrected chi connectivity index (χ4v) is 2.62. The highest BCUT2D eigenvalue weighted by Crippen LogP contribution is 2.31. The Bertz CT molecular complexity index is 811. The second-order valence-corrected chi connectivity index (χ2v) is 5.89. The molecular formula is C15H14F4N6O. The van der Waals surface area contributed by atoms with Gasteiger partial charge in [0, 0.05) is 6.42 Å². The first kappa shape index (κ1) is 18.0. The molecule has 0 amide bonds. The molecule has 26 heavy (non-hydrogen) atoms. The zero-order chi connectivity index (χ0) is 18.8. The summed E-state index contributed by atoms with van der Waals surface area (Å²) < 4.78 is 54.9. The fourth-order valence-electron chi connectivity index (χ4n) is 2.62. The number of benzene rings is 1. The van der Waals surface area contributed by atoms with Gasteiger partial charge in [-0.3, -0.25) is 0 Å². The minimum atomic E-state index is -4.64. The lowest BCUT2D eigenvalue weighted by atomic mass is 9.93. The average molecular weight is 370 g/mol. The maximum Gasteiger partial charge on any atom is 0.416 e. The summed E-state index contributed by atoms with van der Waals surface area (Å²) in [5, 5.41) is 18.8. The Hall–Kier alpha value is -2.82. The third-order valence-corrected chi connectivity index (χ3v) is 3.75. The van der Waals surface area contributed by atoms with Crippen molar-refractivity contribution >= 4 is 0 Å². The Morgan fingerprint density at radius 3 is 1.96 bits per heavy atom. The second-order valence-electron chi connectivity index (χ2n) is 5.89. The maximum absolute atomic E-state index is 14.2. The van der Waals surface area contributed by atoms with Crippen LogP contribution in [0, 0.1) is 5.82 Å². The molecule has 0 aliphatic rings. The minimum Gasteiger partial charge on any atom is -0.386 e. The van der Waals surface area contributed by atoms with Crippen LogP contribution in [-0.4, -0.2) is 40.2 Å². The van der Waals surface area contributed by atoms with Gasteiger partial charge in [-0.2, -0.15) is 23.4 Å². The Balaban J connectivity index is 1.87. The van der Waals surface area contributed by atoms with E-state index in [0.717, 1.165) is 12.1 Å². The van der Waals surface area contributed by atoms with Crippen molar-refractivity contribution in [1.82, 2.24) is 29.5 Å². The molecule has 0 saturated heterocycles. The smallest absolute Gasteiger partial charge is 0.386 e.